The molecule has 0 amide bonds. The van der Waals surface area contributed by atoms with Crippen LogP contribution in [0.4, 0.5) is 23.1 Å². The molecule has 2 heterocycles. The average molecular weight is 459 g/mol. The van der Waals surface area contributed by atoms with Crippen LogP contribution in [0.15, 0.2) is 59.6 Å². The van der Waals surface area contributed by atoms with Gasteiger partial charge in [-0.2, -0.15) is 10.1 Å². The molecule has 3 N–H and O–H groups in total. The second kappa shape index (κ2) is 8.50. The Labute approximate surface area is 186 Å². The molecule has 2 aromatic carbocycles. The average Bonchev–Trinajstić information content (AvgIpc) is 3.00. The summed E-state index contributed by atoms with van der Waals surface area (Å²) < 4.78 is 25.0. The number of fused-ring (bicyclic) bond motifs is 1. The molecule has 0 fully saturated rings. The number of aromatic nitrogens is 4. The third-order valence-electron chi connectivity index (χ3n) is 4.81. The molecule has 162 valence electrons. The highest BCUT2D eigenvalue weighted by Gasteiger charge is 2.12. The van der Waals surface area contributed by atoms with E-state index in [1.165, 1.54) is 12.1 Å². The van der Waals surface area contributed by atoms with E-state index in [0.29, 0.717) is 17.5 Å². The zero-order valence-corrected chi connectivity index (χ0v) is 18.7. The van der Waals surface area contributed by atoms with Crippen LogP contribution in [0.3, 0.4) is 0 Å². The third kappa shape index (κ3) is 4.61. The molecule has 0 bridgehead atoms. The Hall–Kier alpha value is -3.21. The monoisotopic (exact) mass is 458 g/mol. The molecule has 0 radical (unpaired) electrons. The number of rotatable bonds is 5. The molecule has 0 aliphatic rings. The fraction of sp³-hybridized carbons (Fsp3) is 0.150. The number of nitrogens with two attached hydrogens (primary N) is 1. The number of hydrogen-bond acceptors (Lipinski definition) is 7. The number of aryl methyl sites for hydroxylation is 2. The summed E-state index contributed by atoms with van der Waals surface area (Å²) in [6.07, 6.45) is 1.64. The molecule has 31 heavy (non-hydrogen) atoms. The standard InChI is InChI=1S/C20H21N7O2S.ClH/c1-13-17-8-7-15(12-18(17)27(3)25-13)26(2)19-9-10-22-20(24-19)23-14-5-4-6-16(11-14)30(21,28)29;/h4-12H,1-3H3,(H2,21,28,29)(H,22,23,24);1H/p-1. The molecular formula is C20H21ClN7O2S-. The Morgan fingerprint density at radius 2 is 1.90 bits per heavy atom. The van der Waals surface area contributed by atoms with Gasteiger partial charge in [-0.1, -0.05) is 6.07 Å². The summed E-state index contributed by atoms with van der Waals surface area (Å²) in [5, 5.41) is 13.8. The molecule has 11 heteroatoms. The van der Waals surface area contributed by atoms with Crippen molar-refractivity contribution in [2.45, 2.75) is 11.8 Å². The molecule has 0 saturated heterocycles. The fourth-order valence-electron chi connectivity index (χ4n) is 3.24. The first kappa shape index (κ1) is 22.5. The van der Waals surface area contributed by atoms with Gasteiger partial charge in [0.15, 0.2) is 0 Å². The summed E-state index contributed by atoms with van der Waals surface area (Å²) in [6.45, 7) is 1.99. The van der Waals surface area contributed by atoms with Crippen LogP contribution in [-0.2, 0) is 17.1 Å². The van der Waals surface area contributed by atoms with Crippen molar-refractivity contribution in [1.29, 1.82) is 0 Å². The van der Waals surface area contributed by atoms with Gasteiger partial charge in [0.1, 0.15) is 5.82 Å². The molecular weight excluding hydrogens is 438 g/mol. The zero-order valence-electron chi connectivity index (χ0n) is 17.1. The highest BCUT2D eigenvalue weighted by molar-refractivity contribution is 7.89. The Morgan fingerprint density at radius 3 is 2.65 bits per heavy atom. The van der Waals surface area contributed by atoms with Crippen LogP contribution in [0, 0.1) is 6.92 Å². The molecule has 4 rings (SSSR count). The molecule has 9 nitrogen and oxygen atoms in total. The van der Waals surface area contributed by atoms with E-state index in [4.69, 9.17) is 5.14 Å². The second-order valence-electron chi connectivity index (χ2n) is 6.91. The summed E-state index contributed by atoms with van der Waals surface area (Å²) in [7, 11) is 0.0417. The van der Waals surface area contributed by atoms with Gasteiger partial charge in [0.25, 0.3) is 0 Å². The summed E-state index contributed by atoms with van der Waals surface area (Å²) in [6, 6.07) is 14.1. The van der Waals surface area contributed by atoms with E-state index in [0.717, 1.165) is 22.3 Å². The molecule has 0 unspecified atom stereocenters. The lowest BCUT2D eigenvalue weighted by Crippen LogP contribution is -3.00. The van der Waals surface area contributed by atoms with Crippen molar-refractivity contribution in [2.24, 2.45) is 12.2 Å². The maximum Gasteiger partial charge on any atom is 0.238 e. The van der Waals surface area contributed by atoms with E-state index in [1.54, 1.807) is 24.4 Å². The Balaban J connectivity index is 0.00000272. The van der Waals surface area contributed by atoms with E-state index >= 15 is 0 Å². The number of hydrogen-bond donors (Lipinski definition) is 2. The highest BCUT2D eigenvalue weighted by atomic mass is 35.5. The normalized spacial score (nSPS) is 11.2. The summed E-state index contributed by atoms with van der Waals surface area (Å²) in [4.78, 5) is 10.7. The number of halogens is 1. The Morgan fingerprint density at radius 1 is 1.13 bits per heavy atom. The first-order chi connectivity index (χ1) is 14.2. The first-order valence-electron chi connectivity index (χ1n) is 9.12. The first-order valence-corrected chi connectivity index (χ1v) is 10.7. The minimum absolute atomic E-state index is 0. The van der Waals surface area contributed by atoms with Crippen molar-refractivity contribution in [3.63, 3.8) is 0 Å². The predicted octanol–water partition coefficient (Wildman–Crippen LogP) is -0.165. The number of benzene rings is 2. The molecule has 0 aliphatic heterocycles. The van der Waals surface area contributed by atoms with Crippen LogP contribution < -0.4 is 27.8 Å². The van der Waals surface area contributed by atoms with E-state index in [1.807, 2.05) is 42.7 Å². The van der Waals surface area contributed by atoms with E-state index in [-0.39, 0.29) is 17.3 Å². The largest absolute Gasteiger partial charge is 1.00 e. The maximum absolute atomic E-state index is 11.6. The minimum atomic E-state index is -3.79. The van der Waals surface area contributed by atoms with Crippen molar-refractivity contribution in [2.75, 3.05) is 17.3 Å². The van der Waals surface area contributed by atoms with Gasteiger partial charge in [-0.25, -0.2) is 18.5 Å². The Kier molecular flexibility index (Phi) is 6.16. The molecule has 0 spiro atoms. The van der Waals surface area contributed by atoms with Crippen molar-refractivity contribution < 1.29 is 20.8 Å². The van der Waals surface area contributed by atoms with Crippen molar-refractivity contribution in [3.8, 4) is 0 Å². The number of anilines is 4. The molecule has 0 saturated carbocycles. The van der Waals surface area contributed by atoms with Gasteiger partial charge in [-0.05, 0) is 49.4 Å². The number of sulfonamides is 1. The summed E-state index contributed by atoms with van der Waals surface area (Å²) in [5.74, 6) is 1.01. The van der Waals surface area contributed by atoms with Gasteiger partial charge in [0.2, 0.25) is 16.0 Å². The SMILES string of the molecule is Cc1nn(C)c2cc(N(C)c3ccnc(Nc4cccc(S(N)(=O)=O)c4)n3)ccc12.[Cl-]. The van der Waals surface area contributed by atoms with E-state index < -0.39 is 10.0 Å². The third-order valence-corrected chi connectivity index (χ3v) is 5.72. The molecule has 0 atom stereocenters. The van der Waals surface area contributed by atoms with E-state index in [2.05, 4.69) is 26.4 Å². The predicted molar refractivity (Wildman–Crippen MR) is 117 cm³/mol. The second-order valence-corrected chi connectivity index (χ2v) is 8.47. The smallest absolute Gasteiger partial charge is 0.238 e. The minimum Gasteiger partial charge on any atom is -1.00 e. The van der Waals surface area contributed by atoms with Crippen LogP contribution in [-0.4, -0.2) is 35.2 Å². The van der Waals surface area contributed by atoms with E-state index in [9.17, 15) is 8.42 Å². The number of primary sulfonamides is 1. The van der Waals surface area contributed by atoms with Crippen LogP contribution in [0.1, 0.15) is 5.69 Å². The summed E-state index contributed by atoms with van der Waals surface area (Å²) >= 11 is 0. The quantitative estimate of drug-likeness (QED) is 0.426. The lowest BCUT2D eigenvalue weighted by molar-refractivity contribution is -0.00000899. The van der Waals surface area contributed by atoms with Crippen molar-refractivity contribution >= 4 is 44.1 Å². The fourth-order valence-corrected chi connectivity index (χ4v) is 3.80. The van der Waals surface area contributed by atoms with Crippen molar-refractivity contribution in [3.05, 3.63) is 60.4 Å². The Bertz CT molecular complexity index is 1350. The maximum atomic E-state index is 11.6. The lowest BCUT2D eigenvalue weighted by atomic mass is 10.2. The van der Waals surface area contributed by atoms with Gasteiger partial charge in [0.05, 0.1) is 16.1 Å². The van der Waals surface area contributed by atoms with Gasteiger partial charge < -0.3 is 22.6 Å². The van der Waals surface area contributed by atoms with Crippen LogP contribution in [0.25, 0.3) is 10.9 Å². The highest BCUT2D eigenvalue weighted by Crippen LogP contribution is 2.28. The summed E-state index contributed by atoms with van der Waals surface area (Å²) in [5.41, 5.74) is 3.49. The van der Waals surface area contributed by atoms with Gasteiger partial charge in [-0.3, -0.25) is 4.68 Å². The van der Waals surface area contributed by atoms with Crippen LogP contribution >= 0.6 is 0 Å². The molecule has 0 aliphatic carbocycles. The van der Waals surface area contributed by atoms with Gasteiger partial charge in [0, 0.05) is 37.1 Å². The van der Waals surface area contributed by atoms with Crippen LogP contribution in [0.2, 0.25) is 0 Å². The zero-order chi connectivity index (χ0) is 21.5. The lowest BCUT2D eigenvalue weighted by Gasteiger charge is -2.19. The number of nitrogens with zero attached hydrogens (tertiary/aromatic N) is 5. The van der Waals surface area contributed by atoms with Gasteiger partial charge in [-0.15, -0.1) is 0 Å². The molecule has 4 aromatic rings. The van der Waals surface area contributed by atoms with Crippen molar-refractivity contribution in [1.82, 2.24) is 19.7 Å². The van der Waals surface area contributed by atoms with Gasteiger partial charge >= 0.3 is 0 Å². The number of nitrogens with one attached hydrogen (secondary N) is 1. The topological polar surface area (TPSA) is 119 Å². The van der Waals surface area contributed by atoms with Crippen LogP contribution in [0.5, 0.6) is 0 Å². The molecule has 2 aromatic heterocycles.